The molecule has 1 aliphatic carbocycles. The number of phenols is 1. The smallest absolute Gasteiger partial charge is 0.282 e. The molecule has 1 N–H and O–H groups in total. The zero-order chi connectivity index (χ0) is 19.4. The van der Waals surface area contributed by atoms with E-state index in [1.54, 1.807) is 24.3 Å². The molecule has 0 radical (unpaired) electrons. The van der Waals surface area contributed by atoms with Crippen LogP contribution in [-0.2, 0) is 12.8 Å². The van der Waals surface area contributed by atoms with Crippen molar-refractivity contribution in [2.45, 2.75) is 12.8 Å². The van der Waals surface area contributed by atoms with Crippen molar-refractivity contribution in [3.63, 3.8) is 0 Å². The summed E-state index contributed by atoms with van der Waals surface area (Å²) in [6.07, 6.45) is 3.27. The maximum Gasteiger partial charge on any atom is 0.282 e. The van der Waals surface area contributed by atoms with Gasteiger partial charge in [-0.1, -0.05) is 12.1 Å². The predicted octanol–water partition coefficient (Wildman–Crippen LogP) is 3.28. The van der Waals surface area contributed by atoms with Crippen LogP contribution in [-0.4, -0.2) is 35.3 Å². The van der Waals surface area contributed by atoms with Gasteiger partial charge in [0.2, 0.25) is 0 Å². The molecule has 138 valence electrons. The molecule has 28 heavy (non-hydrogen) atoms. The molecule has 5 rings (SSSR count). The standard InChI is InChI=1S/C22H16N2O4/c1-28-18-10-12(2-9-17(18)25)11-23-24-21(26)15-7-5-13-3-4-14-6-8-16(22(24)27)20(15)19(13)14/h2,5-11,25H,3-4H2,1H3. The highest BCUT2D eigenvalue weighted by Crippen LogP contribution is 2.38. The van der Waals surface area contributed by atoms with Gasteiger partial charge in [0.05, 0.1) is 24.5 Å². The van der Waals surface area contributed by atoms with E-state index in [1.165, 1.54) is 30.5 Å². The Morgan fingerprint density at radius 3 is 2.21 bits per heavy atom. The Balaban J connectivity index is 1.58. The van der Waals surface area contributed by atoms with Crippen LogP contribution in [0.5, 0.6) is 11.5 Å². The number of nitrogens with zero attached hydrogens (tertiary/aromatic N) is 2. The minimum atomic E-state index is -0.435. The summed E-state index contributed by atoms with van der Waals surface area (Å²) >= 11 is 0. The molecule has 3 aromatic rings. The Hall–Kier alpha value is -3.67. The summed E-state index contributed by atoms with van der Waals surface area (Å²) in [5.74, 6) is -0.582. The van der Waals surface area contributed by atoms with Gasteiger partial charge in [-0.05, 0) is 65.3 Å². The van der Waals surface area contributed by atoms with Gasteiger partial charge in [0.25, 0.3) is 11.8 Å². The van der Waals surface area contributed by atoms with E-state index < -0.39 is 11.8 Å². The zero-order valence-electron chi connectivity index (χ0n) is 15.1. The molecule has 1 aliphatic heterocycles. The van der Waals surface area contributed by atoms with Crippen LogP contribution in [0.2, 0.25) is 0 Å². The van der Waals surface area contributed by atoms with E-state index in [0.717, 1.165) is 28.6 Å². The second-order valence-corrected chi connectivity index (χ2v) is 6.89. The minimum absolute atomic E-state index is 0.00232. The van der Waals surface area contributed by atoms with Crippen molar-refractivity contribution in [1.29, 1.82) is 0 Å². The zero-order valence-corrected chi connectivity index (χ0v) is 15.1. The summed E-state index contributed by atoms with van der Waals surface area (Å²) in [4.78, 5) is 26.0. The third kappa shape index (κ3) is 2.24. The fourth-order valence-electron chi connectivity index (χ4n) is 4.01. The van der Waals surface area contributed by atoms with Gasteiger partial charge in [0.1, 0.15) is 0 Å². The van der Waals surface area contributed by atoms with Gasteiger partial charge in [-0.25, -0.2) is 0 Å². The highest BCUT2D eigenvalue weighted by atomic mass is 16.5. The number of rotatable bonds is 3. The second kappa shape index (κ2) is 5.92. The number of imide groups is 1. The van der Waals surface area contributed by atoms with Crippen LogP contribution in [0.15, 0.2) is 47.6 Å². The predicted molar refractivity (Wildman–Crippen MR) is 104 cm³/mol. The molecule has 6 nitrogen and oxygen atoms in total. The molecule has 0 atom stereocenters. The molecule has 0 fully saturated rings. The molecule has 1 heterocycles. The van der Waals surface area contributed by atoms with Crippen molar-refractivity contribution in [2.75, 3.05) is 7.11 Å². The molecule has 6 heteroatoms. The SMILES string of the molecule is COc1cc(C=NN2C(=O)c3ccc4c5c(ccc(c35)C2=O)CC4)ccc1O. The highest BCUT2D eigenvalue weighted by molar-refractivity contribution is 6.26. The lowest BCUT2D eigenvalue weighted by Crippen LogP contribution is -2.36. The van der Waals surface area contributed by atoms with Crippen molar-refractivity contribution in [3.8, 4) is 11.5 Å². The maximum absolute atomic E-state index is 13.0. The lowest BCUT2D eigenvalue weighted by molar-refractivity contribution is 0.0616. The fourth-order valence-corrected chi connectivity index (χ4v) is 4.01. The molecular formula is C22H16N2O4. The van der Waals surface area contributed by atoms with Crippen LogP contribution in [0.3, 0.4) is 0 Å². The van der Waals surface area contributed by atoms with E-state index in [1.807, 2.05) is 12.1 Å². The Morgan fingerprint density at radius 2 is 1.61 bits per heavy atom. The molecule has 0 bridgehead atoms. The quantitative estimate of drug-likeness (QED) is 0.565. The average Bonchev–Trinajstić information content (AvgIpc) is 3.13. The van der Waals surface area contributed by atoms with Gasteiger partial charge in [-0.15, -0.1) is 0 Å². The first-order valence-electron chi connectivity index (χ1n) is 8.95. The van der Waals surface area contributed by atoms with Crippen molar-refractivity contribution in [1.82, 2.24) is 5.01 Å². The van der Waals surface area contributed by atoms with Gasteiger partial charge in [-0.2, -0.15) is 10.1 Å². The van der Waals surface area contributed by atoms with E-state index in [9.17, 15) is 14.7 Å². The summed E-state index contributed by atoms with van der Waals surface area (Å²) in [5, 5.41) is 16.5. The van der Waals surface area contributed by atoms with Crippen molar-refractivity contribution >= 4 is 28.8 Å². The fraction of sp³-hybridized carbons (Fsp3) is 0.136. The van der Waals surface area contributed by atoms with Gasteiger partial charge in [0.15, 0.2) is 11.5 Å². The third-order valence-corrected chi connectivity index (χ3v) is 5.37. The third-order valence-electron chi connectivity index (χ3n) is 5.37. The molecule has 2 amide bonds. The molecule has 0 unspecified atom stereocenters. The van der Waals surface area contributed by atoms with Gasteiger partial charge in [0, 0.05) is 5.39 Å². The number of ether oxygens (including phenoxy) is 1. The molecule has 0 saturated heterocycles. The molecule has 0 saturated carbocycles. The Morgan fingerprint density at radius 1 is 0.964 bits per heavy atom. The normalized spacial score (nSPS) is 15.1. The average molecular weight is 372 g/mol. The number of hydrogen-bond acceptors (Lipinski definition) is 5. The number of benzene rings is 3. The van der Waals surface area contributed by atoms with Crippen LogP contribution < -0.4 is 4.74 Å². The number of amides is 2. The Bertz CT molecular complexity index is 1150. The van der Waals surface area contributed by atoms with Crippen LogP contribution in [0.4, 0.5) is 0 Å². The monoisotopic (exact) mass is 372 g/mol. The Labute approximate surface area is 160 Å². The van der Waals surface area contributed by atoms with Gasteiger partial charge >= 0.3 is 0 Å². The van der Waals surface area contributed by atoms with Gasteiger partial charge in [-0.3, -0.25) is 9.59 Å². The van der Waals surface area contributed by atoms with Crippen LogP contribution in [0.25, 0.3) is 10.8 Å². The number of hydrazone groups is 1. The summed E-state index contributed by atoms with van der Waals surface area (Å²) in [5.41, 5.74) is 3.96. The second-order valence-electron chi connectivity index (χ2n) is 6.89. The number of carbonyl (C=O) groups is 2. The van der Waals surface area contributed by atoms with Crippen molar-refractivity contribution in [2.24, 2.45) is 5.10 Å². The largest absolute Gasteiger partial charge is 0.504 e. The van der Waals surface area contributed by atoms with Crippen molar-refractivity contribution in [3.05, 3.63) is 70.3 Å². The maximum atomic E-state index is 13.0. The first-order chi connectivity index (χ1) is 13.6. The number of carbonyl (C=O) groups excluding carboxylic acids is 2. The summed E-state index contributed by atoms with van der Waals surface area (Å²) in [6.45, 7) is 0. The van der Waals surface area contributed by atoms with Crippen LogP contribution in [0, 0.1) is 0 Å². The molecule has 0 aromatic heterocycles. The lowest BCUT2D eigenvalue weighted by Gasteiger charge is -2.23. The molecule has 2 aliphatic rings. The van der Waals surface area contributed by atoms with E-state index in [4.69, 9.17) is 4.74 Å². The molecule has 0 spiro atoms. The van der Waals surface area contributed by atoms with Crippen molar-refractivity contribution < 1.29 is 19.4 Å². The van der Waals surface area contributed by atoms with Gasteiger partial charge < -0.3 is 9.84 Å². The van der Waals surface area contributed by atoms with E-state index in [2.05, 4.69) is 5.10 Å². The Kier molecular flexibility index (Phi) is 3.49. The molecular weight excluding hydrogens is 356 g/mol. The number of hydrogen-bond donors (Lipinski definition) is 1. The first kappa shape index (κ1) is 16.5. The lowest BCUT2D eigenvalue weighted by atomic mass is 9.92. The summed E-state index contributed by atoms with van der Waals surface area (Å²) in [6, 6.07) is 12.2. The van der Waals surface area contributed by atoms with E-state index in [-0.39, 0.29) is 11.5 Å². The number of phenolic OH excluding ortho intramolecular Hbond substituents is 1. The van der Waals surface area contributed by atoms with Crippen LogP contribution in [0.1, 0.15) is 37.4 Å². The number of aryl methyl sites for hydroxylation is 2. The topological polar surface area (TPSA) is 79.2 Å². The molecule has 3 aromatic carbocycles. The number of aromatic hydroxyl groups is 1. The first-order valence-corrected chi connectivity index (χ1v) is 8.95. The minimum Gasteiger partial charge on any atom is -0.504 e. The van der Waals surface area contributed by atoms with Crippen LogP contribution >= 0.6 is 0 Å². The highest BCUT2D eigenvalue weighted by Gasteiger charge is 2.35. The summed E-state index contributed by atoms with van der Waals surface area (Å²) < 4.78 is 5.07. The van der Waals surface area contributed by atoms with E-state index >= 15 is 0 Å². The van der Waals surface area contributed by atoms with E-state index in [0.29, 0.717) is 16.7 Å². The number of methoxy groups -OCH3 is 1. The summed E-state index contributed by atoms with van der Waals surface area (Å²) in [7, 11) is 1.44.